The first-order valence-electron chi connectivity index (χ1n) is 13.0. The number of halogens is 1. The van der Waals surface area contributed by atoms with Crippen molar-refractivity contribution in [3.05, 3.63) is 35.5 Å². The monoisotopic (exact) mass is 676 g/mol. The molecule has 23 heteroatoms. The molecular formula is C21H26FN10O9PS2. The predicted octanol–water partition coefficient (Wildman–Crippen LogP) is -0.318. The van der Waals surface area contributed by atoms with Gasteiger partial charge in [0.25, 0.3) is 5.56 Å². The minimum atomic E-state index is -4.46. The van der Waals surface area contributed by atoms with Gasteiger partial charge in [-0.15, -0.1) is 0 Å². The molecule has 0 aliphatic carbocycles. The largest absolute Gasteiger partial charge is 0.369 e. The summed E-state index contributed by atoms with van der Waals surface area (Å²) >= 11 is 5.18. The average Bonchev–Trinajstić information content (AvgIpc) is 3.72. The third-order valence-corrected chi connectivity index (χ3v) is 9.06. The number of hydrogen-bond donors (Lipinski definition) is 4. The van der Waals surface area contributed by atoms with Crippen LogP contribution in [0.2, 0.25) is 0 Å². The number of nitrogens with two attached hydrogens (primary N) is 2. The lowest BCUT2D eigenvalue weighted by molar-refractivity contribution is -0.0439. The van der Waals surface area contributed by atoms with Crippen molar-refractivity contribution >= 4 is 57.1 Å². The van der Waals surface area contributed by atoms with Gasteiger partial charge in [0.1, 0.15) is 24.1 Å². The zero-order valence-electron chi connectivity index (χ0n) is 22.6. The second-order valence-corrected chi connectivity index (χ2v) is 13.9. The third kappa shape index (κ3) is 6.09. The number of alkyl halides is 1. The van der Waals surface area contributed by atoms with Crippen LogP contribution in [0.1, 0.15) is 32.2 Å². The minimum absolute atomic E-state index is 0.0102. The van der Waals surface area contributed by atoms with Crippen LogP contribution < -0.4 is 16.4 Å². The van der Waals surface area contributed by atoms with Crippen LogP contribution in [-0.2, 0) is 44.8 Å². The molecule has 2 fully saturated rings. The molecule has 8 atom stereocenters. The summed E-state index contributed by atoms with van der Waals surface area (Å²) in [7, 11) is -4.46. The van der Waals surface area contributed by atoms with Gasteiger partial charge in [-0.3, -0.25) is 23.4 Å². The van der Waals surface area contributed by atoms with Gasteiger partial charge in [0, 0.05) is 6.42 Å². The van der Waals surface area contributed by atoms with E-state index in [0.717, 1.165) is 0 Å². The van der Waals surface area contributed by atoms with E-state index in [2.05, 4.69) is 29.9 Å². The van der Waals surface area contributed by atoms with E-state index < -0.39 is 72.2 Å². The van der Waals surface area contributed by atoms with E-state index >= 15 is 4.39 Å². The molecular weight excluding hydrogens is 650 g/mol. The number of H-pyrrole nitrogens is 1. The molecule has 6 heterocycles. The van der Waals surface area contributed by atoms with Crippen LogP contribution in [0, 0.1) is 0 Å². The molecule has 2 aliphatic rings. The van der Waals surface area contributed by atoms with Gasteiger partial charge in [-0.1, -0.05) is 6.92 Å². The van der Waals surface area contributed by atoms with E-state index in [-0.39, 0.29) is 23.5 Å². The van der Waals surface area contributed by atoms with Crippen molar-refractivity contribution in [1.82, 2.24) is 39.0 Å². The zero-order chi connectivity index (χ0) is 31.4. The maximum absolute atomic E-state index is 15.8. The Balaban J connectivity index is 1.16. The van der Waals surface area contributed by atoms with Crippen LogP contribution in [0.4, 0.5) is 10.3 Å². The zero-order valence-corrected chi connectivity index (χ0v) is 25.1. The number of fused-ring (bicyclic) bond motifs is 2. The molecule has 0 bridgehead atoms. The Morgan fingerprint density at radius 2 is 1.98 bits per heavy atom. The van der Waals surface area contributed by atoms with Gasteiger partial charge in [0.2, 0.25) is 5.95 Å². The summed E-state index contributed by atoms with van der Waals surface area (Å²) in [5.74, 6) is -0.214. The van der Waals surface area contributed by atoms with E-state index in [4.69, 9.17) is 45.4 Å². The lowest BCUT2D eigenvalue weighted by atomic mass is 10.1. The quantitative estimate of drug-likeness (QED) is 0.157. The van der Waals surface area contributed by atoms with Gasteiger partial charge in [-0.05, 0) is 18.2 Å². The Morgan fingerprint density at radius 1 is 1.23 bits per heavy atom. The molecule has 0 radical (unpaired) electrons. The number of imidazole rings is 2. The Labute approximate surface area is 252 Å². The maximum Gasteiger partial charge on any atom is 0.333 e. The molecule has 6 N–H and O–H groups in total. The first-order chi connectivity index (χ1) is 20.8. The summed E-state index contributed by atoms with van der Waals surface area (Å²) in [5.41, 5.74) is 5.71. The number of anilines is 1. The number of nitrogen functional groups attached to an aromatic ring is 1. The highest BCUT2D eigenvalue weighted by atomic mass is 32.5. The fourth-order valence-corrected chi connectivity index (χ4v) is 7.14. The first kappa shape index (κ1) is 31.0. The van der Waals surface area contributed by atoms with Crippen molar-refractivity contribution < 1.29 is 40.4 Å². The topological polar surface area (TPSA) is 260 Å². The summed E-state index contributed by atoms with van der Waals surface area (Å²) in [4.78, 5) is 45.6. The first-order valence-corrected chi connectivity index (χ1v) is 17.1. The highest BCUT2D eigenvalue weighted by molar-refractivity contribution is 8.07. The van der Waals surface area contributed by atoms with Crippen molar-refractivity contribution in [2.75, 3.05) is 12.3 Å². The van der Waals surface area contributed by atoms with Crippen LogP contribution >= 0.6 is 6.72 Å². The standard InChI is InChI=1S/C21H26FN10O9PS2/c1-2-11-15(13(22)20(39-11)31-7-27-10-4-25-6-26-16(10)31)40-42(34,43)37-5-9-3-12(41-44(24,35)36)19(38-9)32-8-28-14-17(32)29-21(23)30-18(14)33/h4,6-9,11-13,15,19-20H,2-3,5H2,1H3,(H,34,43)(H2,24,35,36)(H3,23,29,30,33)/t9-,11+,12+,13+,15+,19+,20+,42?/m0/s1. The Hall–Kier alpha value is -3.05. The van der Waals surface area contributed by atoms with Crippen LogP contribution in [0.5, 0.6) is 0 Å². The van der Waals surface area contributed by atoms with Crippen molar-refractivity contribution in [2.45, 2.75) is 62.8 Å². The lowest BCUT2D eigenvalue weighted by Crippen LogP contribution is -2.31. The highest BCUT2D eigenvalue weighted by Gasteiger charge is 2.49. The Bertz CT molecular complexity index is 1910. The highest BCUT2D eigenvalue weighted by Crippen LogP contribution is 2.50. The van der Waals surface area contributed by atoms with Crippen LogP contribution in [0.3, 0.4) is 0 Å². The predicted molar refractivity (Wildman–Crippen MR) is 151 cm³/mol. The summed E-state index contributed by atoms with van der Waals surface area (Å²) in [6.07, 6.45) is -2.91. The van der Waals surface area contributed by atoms with Crippen LogP contribution in [0.25, 0.3) is 22.3 Å². The van der Waals surface area contributed by atoms with Crippen molar-refractivity contribution in [3.63, 3.8) is 0 Å². The number of rotatable bonds is 10. The van der Waals surface area contributed by atoms with E-state index in [9.17, 15) is 18.1 Å². The summed E-state index contributed by atoms with van der Waals surface area (Å²) in [6.45, 7) is -2.78. The van der Waals surface area contributed by atoms with Gasteiger partial charge in [0.15, 0.2) is 35.4 Å². The molecule has 4 aromatic rings. The van der Waals surface area contributed by atoms with E-state index in [1.807, 2.05) is 0 Å². The van der Waals surface area contributed by atoms with Gasteiger partial charge in [-0.25, -0.2) is 33.6 Å². The second kappa shape index (κ2) is 11.7. The van der Waals surface area contributed by atoms with E-state index in [1.165, 1.54) is 34.3 Å². The average molecular weight is 677 g/mol. The number of aromatic amines is 1. The molecule has 44 heavy (non-hydrogen) atoms. The fraction of sp³-hybridized carbons (Fsp3) is 0.524. The molecule has 6 rings (SSSR count). The van der Waals surface area contributed by atoms with Crippen molar-refractivity contribution in [3.8, 4) is 0 Å². The van der Waals surface area contributed by atoms with Gasteiger partial charge < -0.3 is 24.6 Å². The van der Waals surface area contributed by atoms with Crippen molar-refractivity contribution in [2.24, 2.45) is 5.14 Å². The van der Waals surface area contributed by atoms with Gasteiger partial charge in [-0.2, -0.15) is 13.4 Å². The molecule has 2 saturated heterocycles. The van der Waals surface area contributed by atoms with Crippen LogP contribution in [0.15, 0.2) is 30.0 Å². The van der Waals surface area contributed by atoms with Gasteiger partial charge in [0.05, 0.1) is 37.7 Å². The summed E-state index contributed by atoms with van der Waals surface area (Å²) in [5, 5.41) is 5.10. The summed E-state index contributed by atoms with van der Waals surface area (Å²) in [6, 6.07) is 0. The molecule has 238 valence electrons. The van der Waals surface area contributed by atoms with Crippen molar-refractivity contribution in [1.29, 1.82) is 0 Å². The smallest absolute Gasteiger partial charge is 0.333 e. The third-order valence-electron chi connectivity index (χ3n) is 6.99. The maximum atomic E-state index is 15.8. The number of nitrogens with one attached hydrogen (secondary N) is 1. The molecule has 0 aromatic carbocycles. The minimum Gasteiger partial charge on any atom is -0.369 e. The number of hydrogen-bond acceptors (Lipinski definition) is 15. The second-order valence-electron chi connectivity index (χ2n) is 9.92. The fourth-order valence-electron chi connectivity index (χ4n) is 5.16. The Morgan fingerprint density at radius 3 is 2.73 bits per heavy atom. The molecule has 0 spiro atoms. The molecule has 4 aromatic heterocycles. The van der Waals surface area contributed by atoms with Gasteiger partial charge >= 0.3 is 17.0 Å². The Kier molecular flexibility index (Phi) is 8.24. The van der Waals surface area contributed by atoms with E-state index in [0.29, 0.717) is 17.6 Å². The molecule has 2 aliphatic heterocycles. The van der Waals surface area contributed by atoms with Crippen LogP contribution in [-0.4, -0.2) is 89.5 Å². The normalized spacial score (nSPS) is 29.0. The van der Waals surface area contributed by atoms with E-state index in [1.54, 1.807) is 6.92 Å². The number of ether oxygens (including phenoxy) is 2. The molecule has 1 unspecified atom stereocenters. The summed E-state index contributed by atoms with van der Waals surface area (Å²) < 4.78 is 70.0. The number of aromatic nitrogens is 8. The SMILES string of the molecule is CC[C@H]1O[C@@H](n2cnc3cncnc32)[C@H](F)[C@@H]1OP(O)(=S)OC[C@@H]1C[C@@H](OS(N)(=O)=O)[C@H](n2cnc3c(=O)[nH]c(N)nc32)O1. The number of nitrogens with zero attached hydrogens (tertiary/aromatic N) is 7. The molecule has 0 saturated carbocycles. The lowest BCUT2D eigenvalue weighted by Gasteiger charge is -2.25. The molecule has 19 nitrogen and oxygen atoms in total. The molecule has 0 amide bonds.